The number of nitro groups is 1. The van der Waals surface area contributed by atoms with Crippen LogP contribution in [-0.4, -0.2) is 35.9 Å². The Morgan fingerprint density at radius 3 is 2.76 bits per heavy atom. The summed E-state index contributed by atoms with van der Waals surface area (Å²) in [4.78, 5) is 23.2. The predicted octanol–water partition coefficient (Wildman–Crippen LogP) is 1.22. The van der Waals surface area contributed by atoms with E-state index in [0.29, 0.717) is 0 Å². The summed E-state index contributed by atoms with van der Waals surface area (Å²) in [6, 6.07) is 7.43. The fourth-order valence-electron chi connectivity index (χ4n) is 1.44. The smallest absolute Gasteiger partial charge is 0.312 e. The van der Waals surface area contributed by atoms with E-state index in [0.717, 1.165) is 6.07 Å². The van der Waals surface area contributed by atoms with Gasteiger partial charge in [-0.3, -0.25) is 14.9 Å². The van der Waals surface area contributed by atoms with Gasteiger partial charge in [0.2, 0.25) is 0 Å². The molecule has 0 radical (unpaired) electrons. The van der Waals surface area contributed by atoms with Crippen LogP contribution in [0.2, 0.25) is 0 Å². The molecule has 1 aromatic rings. The lowest BCUT2D eigenvalue weighted by molar-refractivity contribution is -0.385. The van der Waals surface area contributed by atoms with Crippen LogP contribution in [0.25, 0.3) is 0 Å². The third kappa shape index (κ3) is 4.48. The van der Waals surface area contributed by atoms with Crippen LogP contribution >= 0.6 is 0 Å². The van der Waals surface area contributed by atoms with Crippen LogP contribution < -0.4 is 4.74 Å². The maximum absolute atomic E-state index is 11.7. The first kappa shape index (κ1) is 15.9. The molecule has 21 heavy (non-hydrogen) atoms. The summed E-state index contributed by atoms with van der Waals surface area (Å²) in [6.07, 6.45) is 0.194. The number of carbonyl (C=O) groups is 1. The van der Waals surface area contributed by atoms with Crippen molar-refractivity contribution in [2.24, 2.45) is 0 Å². The Hall–Kier alpha value is -3.13. The van der Waals surface area contributed by atoms with Crippen LogP contribution in [0.1, 0.15) is 12.0 Å². The van der Waals surface area contributed by atoms with Crippen molar-refractivity contribution < 1.29 is 14.5 Å². The van der Waals surface area contributed by atoms with Gasteiger partial charge in [-0.2, -0.15) is 10.5 Å². The Labute approximate surface area is 120 Å². The number of benzene rings is 1. The minimum Gasteiger partial charge on any atom is -0.477 e. The Bertz CT molecular complexity index is 630. The molecule has 0 aliphatic rings. The molecule has 0 aliphatic carbocycles. The third-order valence-corrected chi connectivity index (χ3v) is 2.62. The fourth-order valence-corrected chi connectivity index (χ4v) is 1.44. The molecule has 1 amide bonds. The van der Waals surface area contributed by atoms with E-state index in [-0.39, 0.29) is 36.6 Å². The molecule has 0 heterocycles. The Morgan fingerprint density at radius 1 is 1.48 bits per heavy atom. The van der Waals surface area contributed by atoms with Crippen molar-refractivity contribution in [1.29, 1.82) is 10.5 Å². The predicted molar refractivity (Wildman–Crippen MR) is 71.2 cm³/mol. The quantitative estimate of drug-likeness (QED) is 0.573. The first-order chi connectivity index (χ1) is 9.99. The highest BCUT2D eigenvalue weighted by Gasteiger charge is 2.18. The van der Waals surface area contributed by atoms with Gasteiger partial charge in [0.25, 0.3) is 5.91 Å². The number of nitrogens with zero attached hydrogens (tertiary/aromatic N) is 4. The highest BCUT2D eigenvalue weighted by molar-refractivity contribution is 5.77. The second-order valence-corrected chi connectivity index (χ2v) is 4.06. The molecule has 0 aromatic heterocycles. The number of nitriles is 2. The van der Waals surface area contributed by atoms with Crippen LogP contribution in [-0.2, 0) is 4.79 Å². The number of amides is 1. The summed E-state index contributed by atoms with van der Waals surface area (Å²) in [5, 5.41) is 28.0. The van der Waals surface area contributed by atoms with Gasteiger partial charge >= 0.3 is 5.69 Å². The summed E-state index contributed by atoms with van der Waals surface area (Å²) in [6.45, 7) is -0.122. The van der Waals surface area contributed by atoms with Crippen LogP contribution in [0.4, 0.5) is 5.69 Å². The van der Waals surface area contributed by atoms with Gasteiger partial charge in [-0.05, 0) is 12.1 Å². The topological polar surface area (TPSA) is 120 Å². The van der Waals surface area contributed by atoms with E-state index in [1.54, 1.807) is 6.07 Å². The largest absolute Gasteiger partial charge is 0.477 e. The van der Waals surface area contributed by atoms with Gasteiger partial charge in [-0.15, -0.1) is 0 Å². The van der Waals surface area contributed by atoms with Crippen LogP contribution in [0.15, 0.2) is 18.2 Å². The van der Waals surface area contributed by atoms with Crippen molar-refractivity contribution in [2.75, 3.05) is 20.2 Å². The molecule has 108 valence electrons. The van der Waals surface area contributed by atoms with Crippen LogP contribution in [0.5, 0.6) is 5.75 Å². The SMILES string of the molecule is CN(CCC#N)C(=O)COc1ccc(C#N)cc1[N+](=O)[O-]. The monoisotopic (exact) mass is 288 g/mol. The zero-order valence-electron chi connectivity index (χ0n) is 11.3. The van der Waals surface area contributed by atoms with Crippen molar-refractivity contribution >= 4 is 11.6 Å². The second kappa shape index (κ2) is 7.46. The number of hydrogen-bond acceptors (Lipinski definition) is 6. The second-order valence-electron chi connectivity index (χ2n) is 4.06. The summed E-state index contributed by atoms with van der Waals surface area (Å²) in [5.41, 5.74) is -0.243. The molecule has 0 N–H and O–H groups in total. The first-order valence-electron chi connectivity index (χ1n) is 5.92. The number of ether oxygens (including phenoxy) is 1. The highest BCUT2D eigenvalue weighted by Crippen LogP contribution is 2.27. The lowest BCUT2D eigenvalue weighted by atomic mass is 10.2. The molecule has 8 nitrogen and oxygen atoms in total. The molecule has 0 spiro atoms. The van der Waals surface area contributed by atoms with Crippen molar-refractivity contribution in [3.8, 4) is 17.9 Å². The van der Waals surface area contributed by atoms with E-state index in [9.17, 15) is 14.9 Å². The molecule has 0 atom stereocenters. The number of hydrogen-bond donors (Lipinski definition) is 0. The van der Waals surface area contributed by atoms with E-state index >= 15 is 0 Å². The maximum Gasteiger partial charge on any atom is 0.312 e. The number of rotatable bonds is 6. The molecule has 0 unspecified atom stereocenters. The van der Waals surface area contributed by atoms with E-state index < -0.39 is 10.8 Å². The van der Waals surface area contributed by atoms with Crippen molar-refractivity contribution in [3.05, 3.63) is 33.9 Å². The van der Waals surface area contributed by atoms with Crippen LogP contribution in [0.3, 0.4) is 0 Å². The molecule has 8 heteroatoms. The number of carbonyl (C=O) groups excluding carboxylic acids is 1. The van der Waals surface area contributed by atoms with E-state index in [4.69, 9.17) is 15.3 Å². The Balaban J connectivity index is 2.76. The van der Waals surface area contributed by atoms with Gasteiger partial charge in [-0.1, -0.05) is 0 Å². The lowest BCUT2D eigenvalue weighted by Gasteiger charge is -2.15. The molecule has 0 aliphatic heterocycles. The number of likely N-dealkylation sites (N-methyl/N-ethyl adjacent to an activating group) is 1. The average Bonchev–Trinajstić information content (AvgIpc) is 2.49. The molecule has 0 saturated heterocycles. The molecule has 1 rings (SSSR count). The van der Waals surface area contributed by atoms with Crippen LogP contribution in [0, 0.1) is 32.8 Å². The molecular weight excluding hydrogens is 276 g/mol. The van der Waals surface area contributed by atoms with Gasteiger partial charge in [-0.25, -0.2) is 0 Å². The minimum absolute atomic E-state index is 0.0824. The Morgan fingerprint density at radius 2 is 2.19 bits per heavy atom. The highest BCUT2D eigenvalue weighted by atomic mass is 16.6. The van der Waals surface area contributed by atoms with Gasteiger partial charge in [0.1, 0.15) is 0 Å². The normalized spacial score (nSPS) is 9.29. The average molecular weight is 288 g/mol. The van der Waals surface area contributed by atoms with Crippen molar-refractivity contribution in [3.63, 3.8) is 0 Å². The van der Waals surface area contributed by atoms with Crippen molar-refractivity contribution in [1.82, 2.24) is 4.90 Å². The van der Waals surface area contributed by atoms with Crippen molar-refractivity contribution in [2.45, 2.75) is 6.42 Å². The Kier molecular flexibility index (Phi) is 5.66. The molecule has 0 bridgehead atoms. The summed E-state index contributed by atoms with van der Waals surface area (Å²) >= 11 is 0. The molecule has 1 aromatic carbocycles. The molecule has 0 fully saturated rings. The summed E-state index contributed by atoms with van der Waals surface area (Å²) < 4.78 is 5.14. The zero-order chi connectivity index (χ0) is 15.8. The van der Waals surface area contributed by atoms with E-state index in [2.05, 4.69) is 0 Å². The molecule has 0 saturated carbocycles. The van der Waals surface area contributed by atoms with Gasteiger partial charge in [0.15, 0.2) is 12.4 Å². The maximum atomic E-state index is 11.7. The zero-order valence-corrected chi connectivity index (χ0v) is 11.3. The number of nitro benzene ring substituents is 1. The fraction of sp³-hybridized carbons (Fsp3) is 0.308. The summed E-state index contributed by atoms with van der Waals surface area (Å²) in [7, 11) is 1.51. The van der Waals surface area contributed by atoms with Gasteiger partial charge in [0, 0.05) is 19.7 Å². The third-order valence-electron chi connectivity index (χ3n) is 2.62. The minimum atomic E-state index is -0.681. The summed E-state index contributed by atoms with van der Waals surface area (Å²) in [5.74, 6) is -0.482. The standard InChI is InChI=1S/C13H12N4O4/c1-16(6-2-5-14)13(18)9-21-12-4-3-10(8-15)7-11(12)17(19)20/h3-4,7H,2,6,9H2,1H3. The molecular formula is C13H12N4O4. The van der Waals surface area contributed by atoms with Gasteiger partial charge < -0.3 is 9.64 Å². The lowest BCUT2D eigenvalue weighted by Crippen LogP contribution is -2.32. The van der Waals surface area contributed by atoms with E-state index in [1.807, 2.05) is 6.07 Å². The first-order valence-corrected chi connectivity index (χ1v) is 5.92. The van der Waals surface area contributed by atoms with E-state index in [1.165, 1.54) is 24.1 Å². The van der Waals surface area contributed by atoms with Gasteiger partial charge in [0.05, 0.1) is 29.0 Å².